The van der Waals surface area contributed by atoms with Crippen molar-refractivity contribution < 1.29 is 0 Å². The summed E-state index contributed by atoms with van der Waals surface area (Å²) in [7, 11) is 0. The lowest BCUT2D eigenvalue weighted by atomic mass is 10.1. The van der Waals surface area contributed by atoms with Crippen LogP contribution in [0.15, 0.2) is 36.7 Å². The minimum absolute atomic E-state index is 0.246. The first kappa shape index (κ1) is 9.44. The molecule has 2 nitrogen and oxygen atoms in total. The Morgan fingerprint density at radius 1 is 0.929 bits per heavy atom. The molecule has 1 aromatic heterocycles. The molecule has 0 aliphatic heterocycles. The molecule has 0 aliphatic rings. The maximum Gasteiger partial charge on any atom is 0.222 e. The van der Waals surface area contributed by atoms with Gasteiger partial charge in [0.15, 0.2) is 0 Å². The van der Waals surface area contributed by atoms with E-state index in [4.69, 9.17) is 23.2 Å². The van der Waals surface area contributed by atoms with Gasteiger partial charge in [0, 0.05) is 23.0 Å². The Hall–Kier alpha value is -1.12. The number of halogens is 2. The molecule has 0 radical (unpaired) electrons. The van der Waals surface area contributed by atoms with E-state index in [-0.39, 0.29) is 5.28 Å². The minimum Gasteiger partial charge on any atom is -0.226 e. The standard InChI is InChI=1S/C10H6Cl2N2/c11-9-3-1-2-7(4-9)8-5-13-10(12)14-6-8/h1-6H. The van der Waals surface area contributed by atoms with E-state index in [1.807, 2.05) is 24.3 Å². The molecule has 0 bridgehead atoms. The second-order valence-electron chi connectivity index (χ2n) is 2.75. The van der Waals surface area contributed by atoms with Crippen LogP contribution in [0.5, 0.6) is 0 Å². The van der Waals surface area contributed by atoms with E-state index >= 15 is 0 Å². The van der Waals surface area contributed by atoms with E-state index in [9.17, 15) is 0 Å². The van der Waals surface area contributed by atoms with Gasteiger partial charge in [-0.3, -0.25) is 0 Å². The summed E-state index contributed by atoms with van der Waals surface area (Å²) < 4.78 is 0. The van der Waals surface area contributed by atoms with E-state index in [1.165, 1.54) is 0 Å². The van der Waals surface area contributed by atoms with Crippen LogP contribution in [0.25, 0.3) is 11.1 Å². The van der Waals surface area contributed by atoms with Crippen LogP contribution in [-0.4, -0.2) is 9.97 Å². The summed E-state index contributed by atoms with van der Waals surface area (Å²) in [6.07, 6.45) is 3.34. The molecule has 0 aliphatic carbocycles. The van der Waals surface area contributed by atoms with E-state index in [0.717, 1.165) is 11.1 Å². The van der Waals surface area contributed by atoms with Crippen LogP contribution in [0.3, 0.4) is 0 Å². The molecule has 2 aromatic rings. The molecule has 14 heavy (non-hydrogen) atoms. The maximum atomic E-state index is 5.86. The first-order valence-electron chi connectivity index (χ1n) is 3.99. The van der Waals surface area contributed by atoms with E-state index in [2.05, 4.69) is 9.97 Å². The number of hydrogen-bond acceptors (Lipinski definition) is 2. The number of rotatable bonds is 1. The Labute approximate surface area is 91.5 Å². The first-order chi connectivity index (χ1) is 6.75. The van der Waals surface area contributed by atoms with Gasteiger partial charge in [0.2, 0.25) is 5.28 Å². The maximum absolute atomic E-state index is 5.86. The highest BCUT2D eigenvalue weighted by atomic mass is 35.5. The molecule has 1 aromatic carbocycles. The number of nitrogens with zero attached hydrogens (tertiary/aromatic N) is 2. The molecule has 0 saturated heterocycles. The highest BCUT2D eigenvalue weighted by Crippen LogP contribution is 2.21. The monoisotopic (exact) mass is 224 g/mol. The zero-order valence-corrected chi connectivity index (χ0v) is 8.63. The predicted molar refractivity (Wildman–Crippen MR) is 57.5 cm³/mol. The second kappa shape index (κ2) is 3.95. The van der Waals surface area contributed by atoms with Gasteiger partial charge in [0.25, 0.3) is 0 Å². The van der Waals surface area contributed by atoms with Crippen molar-refractivity contribution in [3.8, 4) is 11.1 Å². The van der Waals surface area contributed by atoms with Crippen LogP contribution in [-0.2, 0) is 0 Å². The van der Waals surface area contributed by atoms with Gasteiger partial charge in [-0.25, -0.2) is 9.97 Å². The molecule has 0 atom stereocenters. The summed E-state index contributed by atoms with van der Waals surface area (Å²) in [5.74, 6) is 0. The molecule has 0 N–H and O–H groups in total. The van der Waals surface area contributed by atoms with Crippen LogP contribution < -0.4 is 0 Å². The van der Waals surface area contributed by atoms with Gasteiger partial charge in [-0.1, -0.05) is 23.7 Å². The van der Waals surface area contributed by atoms with Crippen LogP contribution in [0.2, 0.25) is 10.3 Å². The molecule has 2 rings (SSSR count). The van der Waals surface area contributed by atoms with Crippen molar-refractivity contribution in [1.29, 1.82) is 0 Å². The summed E-state index contributed by atoms with van der Waals surface area (Å²) in [6, 6.07) is 7.50. The third-order valence-electron chi connectivity index (χ3n) is 1.78. The topological polar surface area (TPSA) is 25.8 Å². The molecule has 70 valence electrons. The summed E-state index contributed by atoms with van der Waals surface area (Å²) in [5.41, 5.74) is 1.88. The predicted octanol–water partition coefficient (Wildman–Crippen LogP) is 3.45. The van der Waals surface area contributed by atoms with E-state index in [1.54, 1.807) is 12.4 Å². The Bertz CT molecular complexity index is 440. The molecule has 1 heterocycles. The lowest BCUT2D eigenvalue weighted by molar-refractivity contribution is 1.17. The van der Waals surface area contributed by atoms with E-state index < -0.39 is 0 Å². The van der Waals surface area contributed by atoms with Gasteiger partial charge in [-0.2, -0.15) is 0 Å². The summed E-state index contributed by atoms with van der Waals surface area (Å²) >= 11 is 11.4. The van der Waals surface area contributed by atoms with Crippen LogP contribution >= 0.6 is 23.2 Å². The van der Waals surface area contributed by atoms with E-state index in [0.29, 0.717) is 5.02 Å². The Morgan fingerprint density at radius 3 is 2.29 bits per heavy atom. The van der Waals surface area contributed by atoms with Crippen molar-refractivity contribution in [3.63, 3.8) is 0 Å². The molecule has 0 amide bonds. The zero-order chi connectivity index (χ0) is 9.97. The number of benzene rings is 1. The Balaban J connectivity index is 2.44. The molecule has 0 spiro atoms. The zero-order valence-electron chi connectivity index (χ0n) is 7.11. The van der Waals surface area contributed by atoms with Gasteiger partial charge in [-0.15, -0.1) is 0 Å². The van der Waals surface area contributed by atoms with Gasteiger partial charge in [0.05, 0.1) is 0 Å². The second-order valence-corrected chi connectivity index (χ2v) is 3.53. The van der Waals surface area contributed by atoms with Crippen molar-refractivity contribution in [2.75, 3.05) is 0 Å². The summed E-state index contributed by atoms with van der Waals surface area (Å²) in [5, 5.41) is 0.938. The quantitative estimate of drug-likeness (QED) is 0.694. The smallest absolute Gasteiger partial charge is 0.222 e. The van der Waals surface area contributed by atoms with Gasteiger partial charge >= 0.3 is 0 Å². The third-order valence-corrected chi connectivity index (χ3v) is 2.21. The molecule has 0 saturated carbocycles. The first-order valence-corrected chi connectivity index (χ1v) is 4.75. The summed E-state index contributed by atoms with van der Waals surface area (Å²) in [4.78, 5) is 7.79. The SMILES string of the molecule is Clc1cccc(-c2cnc(Cl)nc2)c1. The fraction of sp³-hybridized carbons (Fsp3) is 0. The van der Waals surface area contributed by atoms with Crippen molar-refractivity contribution in [2.24, 2.45) is 0 Å². The van der Waals surface area contributed by atoms with Crippen molar-refractivity contribution in [1.82, 2.24) is 9.97 Å². The highest BCUT2D eigenvalue weighted by molar-refractivity contribution is 6.30. The lowest BCUT2D eigenvalue weighted by Gasteiger charge is -2.00. The highest BCUT2D eigenvalue weighted by Gasteiger charge is 1.99. The number of hydrogen-bond donors (Lipinski definition) is 0. The normalized spacial score (nSPS) is 10.1. The fourth-order valence-corrected chi connectivity index (χ4v) is 1.42. The van der Waals surface area contributed by atoms with Gasteiger partial charge < -0.3 is 0 Å². The van der Waals surface area contributed by atoms with Gasteiger partial charge in [0.1, 0.15) is 0 Å². The fourth-order valence-electron chi connectivity index (χ4n) is 1.13. The van der Waals surface area contributed by atoms with Crippen molar-refractivity contribution >= 4 is 23.2 Å². The van der Waals surface area contributed by atoms with Crippen LogP contribution in [0.1, 0.15) is 0 Å². The average molecular weight is 225 g/mol. The Morgan fingerprint density at radius 2 is 1.64 bits per heavy atom. The Kier molecular flexibility index (Phi) is 2.66. The molecule has 0 unspecified atom stereocenters. The van der Waals surface area contributed by atoms with Crippen molar-refractivity contribution in [3.05, 3.63) is 47.0 Å². The van der Waals surface area contributed by atoms with Crippen LogP contribution in [0.4, 0.5) is 0 Å². The molecular weight excluding hydrogens is 219 g/mol. The largest absolute Gasteiger partial charge is 0.226 e. The van der Waals surface area contributed by atoms with Gasteiger partial charge in [-0.05, 0) is 29.3 Å². The van der Waals surface area contributed by atoms with Crippen LogP contribution in [0, 0.1) is 0 Å². The number of aromatic nitrogens is 2. The minimum atomic E-state index is 0.246. The molecule has 0 fully saturated rings. The molecule has 4 heteroatoms. The lowest BCUT2D eigenvalue weighted by Crippen LogP contribution is -1.83. The average Bonchev–Trinajstić information content (AvgIpc) is 2.19. The summed E-state index contributed by atoms with van der Waals surface area (Å²) in [6.45, 7) is 0. The molecular formula is C10H6Cl2N2. The third kappa shape index (κ3) is 2.03. The van der Waals surface area contributed by atoms with Crippen molar-refractivity contribution in [2.45, 2.75) is 0 Å².